The molecular weight excluding hydrogens is 341 g/mol. The number of sulfonamides is 1. The van der Waals surface area contributed by atoms with Gasteiger partial charge in [0.1, 0.15) is 0 Å². The van der Waals surface area contributed by atoms with Crippen molar-refractivity contribution >= 4 is 22.4 Å². The maximum Gasteiger partial charge on any atom is 0.416 e. The number of halogens is 4. The molecule has 0 amide bonds. The Hall–Kier alpha value is -0.830. The molecule has 1 aliphatic heterocycles. The quantitative estimate of drug-likeness (QED) is 0.902. The number of hydrogen-bond acceptors (Lipinski definition) is 3. The summed E-state index contributed by atoms with van der Waals surface area (Å²) in [5.74, 6) is 0. The van der Waals surface area contributed by atoms with Gasteiger partial charge in [0.15, 0.2) is 0 Å². The van der Waals surface area contributed by atoms with E-state index in [9.17, 15) is 21.6 Å². The van der Waals surface area contributed by atoms with E-state index in [2.05, 4.69) is 5.32 Å². The van der Waals surface area contributed by atoms with E-state index in [0.717, 1.165) is 24.7 Å². The fraction of sp³-hybridized carbons (Fsp3) is 0.538. The van der Waals surface area contributed by atoms with Gasteiger partial charge in [-0.2, -0.15) is 17.5 Å². The molecule has 1 unspecified atom stereocenters. The van der Waals surface area contributed by atoms with Crippen molar-refractivity contribution in [2.24, 2.45) is 0 Å². The zero-order valence-electron chi connectivity index (χ0n) is 12.1. The molecule has 22 heavy (non-hydrogen) atoms. The molecule has 1 saturated heterocycles. The van der Waals surface area contributed by atoms with Gasteiger partial charge in [0, 0.05) is 19.6 Å². The topological polar surface area (TPSA) is 49.4 Å². The fourth-order valence-corrected chi connectivity index (χ4v) is 4.00. The molecule has 2 rings (SSSR count). The molecule has 1 atom stereocenters. The van der Waals surface area contributed by atoms with Gasteiger partial charge < -0.3 is 5.32 Å². The molecule has 126 valence electrons. The third-order valence-corrected chi connectivity index (χ3v) is 5.78. The predicted octanol–water partition coefficient (Wildman–Crippen LogP) is 2.42. The summed E-state index contributed by atoms with van der Waals surface area (Å²) in [6.07, 6.45) is -3.79. The van der Waals surface area contributed by atoms with Crippen LogP contribution in [0.15, 0.2) is 23.1 Å². The third-order valence-electron chi connectivity index (χ3n) is 3.71. The normalized spacial score (nSPS) is 19.3. The molecule has 1 aromatic carbocycles. The highest BCUT2D eigenvalue weighted by atomic mass is 35.5. The average Bonchev–Trinajstić information content (AvgIpc) is 2.89. The van der Waals surface area contributed by atoms with Gasteiger partial charge in [-0.05, 0) is 43.7 Å². The van der Waals surface area contributed by atoms with E-state index < -0.39 is 21.8 Å². The van der Waals surface area contributed by atoms with Crippen LogP contribution in [0.4, 0.5) is 13.2 Å². The molecule has 1 fully saturated rings. The molecule has 1 heterocycles. The van der Waals surface area contributed by atoms with Gasteiger partial charge in [0.05, 0.1) is 10.5 Å². The Bertz CT molecular complexity index is 629. The van der Waals surface area contributed by atoms with Crippen molar-refractivity contribution in [2.45, 2.75) is 30.5 Å². The van der Waals surface area contributed by atoms with Gasteiger partial charge in [-0.3, -0.25) is 0 Å². The first kappa shape index (κ1) is 19.2. The first-order chi connectivity index (χ1) is 9.64. The van der Waals surface area contributed by atoms with Crippen LogP contribution in [-0.2, 0) is 16.2 Å². The van der Waals surface area contributed by atoms with E-state index in [-0.39, 0.29) is 28.9 Å². The number of likely N-dealkylation sites (N-methyl/N-ethyl adjacent to an activating group) is 1. The van der Waals surface area contributed by atoms with Gasteiger partial charge in [0.25, 0.3) is 0 Å². The van der Waals surface area contributed by atoms with E-state index in [1.54, 1.807) is 0 Å². The lowest BCUT2D eigenvalue weighted by Gasteiger charge is -2.24. The van der Waals surface area contributed by atoms with Gasteiger partial charge in [-0.25, -0.2) is 8.42 Å². The van der Waals surface area contributed by atoms with Gasteiger partial charge >= 0.3 is 6.18 Å². The molecule has 1 aliphatic rings. The maximum absolute atomic E-state index is 12.6. The number of rotatable bonds is 3. The molecule has 1 aromatic rings. The van der Waals surface area contributed by atoms with Crippen LogP contribution in [0.3, 0.4) is 0 Å². The van der Waals surface area contributed by atoms with E-state index in [1.807, 2.05) is 0 Å². The van der Waals surface area contributed by atoms with Crippen molar-refractivity contribution in [1.82, 2.24) is 9.62 Å². The molecule has 1 N–H and O–H groups in total. The number of nitrogens with zero attached hydrogens (tertiary/aromatic N) is 1. The smallest absolute Gasteiger partial charge is 0.315 e. The molecule has 0 bridgehead atoms. The molecule has 9 heteroatoms. The first-order valence-corrected chi connectivity index (χ1v) is 7.94. The second kappa shape index (κ2) is 6.74. The SMILES string of the molecule is Cc1cc(C(F)(F)F)ccc1S(=O)(=O)N(C)C1CCNC1.Cl. The summed E-state index contributed by atoms with van der Waals surface area (Å²) < 4.78 is 64.2. The van der Waals surface area contributed by atoms with Gasteiger partial charge in [0.2, 0.25) is 10.0 Å². The Balaban J connectivity index is 0.00000242. The van der Waals surface area contributed by atoms with Crippen LogP contribution in [0.1, 0.15) is 17.5 Å². The van der Waals surface area contributed by atoms with Crippen molar-refractivity contribution in [1.29, 1.82) is 0 Å². The lowest BCUT2D eigenvalue weighted by Crippen LogP contribution is -2.38. The lowest BCUT2D eigenvalue weighted by atomic mass is 10.1. The Morgan fingerprint density at radius 1 is 1.32 bits per heavy atom. The second-order valence-electron chi connectivity index (χ2n) is 5.15. The standard InChI is InChI=1S/C13H17F3N2O2S.ClH/c1-9-7-10(13(14,15)16)3-4-12(9)21(19,20)18(2)11-5-6-17-8-11;/h3-4,7,11,17H,5-6,8H2,1-2H3;1H. The molecule has 0 aromatic heterocycles. The summed E-state index contributed by atoms with van der Waals surface area (Å²) in [6.45, 7) is 2.66. The van der Waals surface area contributed by atoms with Gasteiger partial charge in [-0.1, -0.05) is 0 Å². The Kier molecular flexibility index (Phi) is 5.88. The van der Waals surface area contributed by atoms with Crippen molar-refractivity contribution < 1.29 is 21.6 Å². The van der Waals surface area contributed by atoms with E-state index in [0.29, 0.717) is 13.0 Å². The summed E-state index contributed by atoms with van der Waals surface area (Å²) in [6, 6.07) is 2.54. The summed E-state index contributed by atoms with van der Waals surface area (Å²) in [4.78, 5) is -0.0788. The minimum atomic E-state index is -4.48. The third kappa shape index (κ3) is 3.73. The molecular formula is C13H18ClF3N2O2S. The summed E-state index contributed by atoms with van der Waals surface area (Å²) in [5, 5.41) is 3.07. The fourth-order valence-electron chi connectivity index (χ4n) is 2.42. The Morgan fingerprint density at radius 2 is 1.95 bits per heavy atom. The van der Waals surface area contributed by atoms with Crippen molar-refractivity contribution in [3.05, 3.63) is 29.3 Å². The zero-order chi connectivity index (χ0) is 15.8. The van der Waals surface area contributed by atoms with Crippen LogP contribution in [0, 0.1) is 6.92 Å². The number of nitrogens with one attached hydrogen (secondary N) is 1. The highest BCUT2D eigenvalue weighted by Crippen LogP contribution is 2.32. The van der Waals surface area contributed by atoms with Crippen LogP contribution in [0.5, 0.6) is 0 Å². The molecule has 4 nitrogen and oxygen atoms in total. The van der Waals surface area contributed by atoms with Crippen LogP contribution < -0.4 is 5.32 Å². The average molecular weight is 359 g/mol. The Morgan fingerprint density at radius 3 is 2.41 bits per heavy atom. The maximum atomic E-state index is 12.6. The van der Waals surface area contributed by atoms with E-state index in [1.165, 1.54) is 18.3 Å². The van der Waals surface area contributed by atoms with Crippen LogP contribution in [-0.4, -0.2) is 38.9 Å². The highest BCUT2D eigenvalue weighted by molar-refractivity contribution is 7.89. The summed E-state index contributed by atoms with van der Waals surface area (Å²) in [5.41, 5.74) is -0.744. The monoisotopic (exact) mass is 358 g/mol. The number of hydrogen-bond donors (Lipinski definition) is 1. The van der Waals surface area contributed by atoms with Gasteiger partial charge in [-0.15, -0.1) is 12.4 Å². The van der Waals surface area contributed by atoms with E-state index in [4.69, 9.17) is 0 Å². The number of alkyl halides is 3. The van der Waals surface area contributed by atoms with Crippen LogP contribution in [0.2, 0.25) is 0 Å². The van der Waals surface area contributed by atoms with Crippen molar-refractivity contribution in [3.8, 4) is 0 Å². The molecule has 0 spiro atoms. The second-order valence-corrected chi connectivity index (χ2v) is 7.11. The summed E-state index contributed by atoms with van der Waals surface area (Å²) >= 11 is 0. The minimum absolute atomic E-state index is 0. The van der Waals surface area contributed by atoms with E-state index >= 15 is 0 Å². The molecule has 0 aliphatic carbocycles. The predicted molar refractivity (Wildman–Crippen MR) is 79.7 cm³/mol. The van der Waals surface area contributed by atoms with Crippen LogP contribution in [0.25, 0.3) is 0 Å². The number of aryl methyl sites for hydroxylation is 1. The highest BCUT2D eigenvalue weighted by Gasteiger charge is 2.34. The van der Waals surface area contributed by atoms with Crippen LogP contribution >= 0.6 is 12.4 Å². The zero-order valence-corrected chi connectivity index (χ0v) is 13.8. The lowest BCUT2D eigenvalue weighted by molar-refractivity contribution is -0.137. The first-order valence-electron chi connectivity index (χ1n) is 6.50. The summed E-state index contributed by atoms with van der Waals surface area (Å²) in [7, 11) is -2.33. The Labute approximate surface area is 134 Å². The van der Waals surface area contributed by atoms with Crippen molar-refractivity contribution in [3.63, 3.8) is 0 Å². The molecule has 0 radical (unpaired) electrons. The minimum Gasteiger partial charge on any atom is -0.315 e. The van der Waals surface area contributed by atoms with Crippen molar-refractivity contribution in [2.75, 3.05) is 20.1 Å². The number of benzene rings is 1. The molecule has 0 saturated carbocycles. The largest absolute Gasteiger partial charge is 0.416 e.